The van der Waals surface area contributed by atoms with Crippen molar-refractivity contribution in [3.05, 3.63) is 35.6 Å². The van der Waals surface area contributed by atoms with Gasteiger partial charge in [-0.15, -0.1) is 0 Å². The first-order valence-electron chi connectivity index (χ1n) is 6.95. The minimum absolute atomic E-state index is 0.135. The minimum atomic E-state index is -0.441. The van der Waals surface area contributed by atoms with E-state index < -0.39 is 11.8 Å². The fourth-order valence-corrected chi connectivity index (χ4v) is 2.57. The van der Waals surface area contributed by atoms with Gasteiger partial charge in [0.2, 0.25) is 0 Å². The number of piperidine rings is 1. The number of carbonyl (C=O) groups is 1. The van der Waals surface area contributed by atoms with Crippen LogP contribution in [0.15, 0.2) is 24.3 Å². The van der Waals surface area contributed by atoms with Crippen LogP contribution in [0.3, 0.4) is 0 Å². The lowest BCUT2D eigenvalue weighted by molar-refractivity contribution is -0.907. The summed E-state index contributed by atoms with van der Waals surface area (Å²) in [4.78, 5) is 13.3. The number of carbonyl (C=O) groups excluding carboxylic acids is 1. The van der Waals surface area contributed by atoms with Gasteiger partial charge in [-0.1, -0.05) is 6.07 Å². The van der Waals surface area contributed by atoms with E-state index in [0.717, 1.165) is 19.6 Å². The fraction of sp³-hybridized carbons (Fsp3) is 0.533. The fourth-order valence-electron chi connectivity index (χ4n) is 2.57. The summed E-state index contributed by atoms with van der Waals surface area (Å²) in [5.41, 5.74) is 0.278. The third-order valence-electron chi connectivity index (χ3n) is 3.51. The van der Waals surface area contributed by atoms with Crippen molar-refractivity contribution in [1.82, 2.24) is 0 Å². The van der Waals surface area contributed by atoms with Crippen LogP contribution < -0.4 is 4.90 Å². The molecule has 0 amide bonds. The van der Waals surface area contributed by atoms with Gasteiger partial charge in [-0.05, 0) is 44.4 Å². The molecule has 0 unspecified atom stereocenters. The zero-order chi connectivity index (χ0) is 13.7. The number of nitrogens with one attached hydrogen (secondary N) is 1. The van der Waals surface area contributed by atoms with Gasteiger partial charge in [-0.2, -0.15) is 0 Å². The molecule has 19 heavy (non-hydrogen) atoms. The molecule has 0 radical (unpaired) electrons. The monoisotopic (exact) mass is 266 g/mol. The highest BCUT2D eigenvalue weighted by Gasteiger charge is 2.20. The molecule has 0 aromatic heterocycles. The lowest BCUT2D eigenvalue weighted by Crippen LogP contribution is -3.13. The van der Waals surface area contributed by atoms with Gasteiger partial charge in [-0.25, -0.2) is 9.18 Å². The van der Waals surface area contributed by atoms with Crippen LogP contribution in [0.5, 0.6) is 0 Å². The molecule has 1 fully saturated rings. The van der Waals surface area contributed by atoms with Crippen molar-refractivity contribution in [3.8, 4) is 0 Å². The van der Waals surface area contributed by atoms with Gasteiger partial charge in [0.1, 0.15) is 18.5 Å². The number of halogens is 1. The first-order chi connectivity index (χ1) is 9.15. The average Bonchev–Trinajstić information content (AvgIpc) is 2.39. The third-order valence-corrected chi connectivity index (χ3v) is 3.51. The Labute approximate surface area is 113 Å². The number of ether oxygens (including phenoxy) is 1. The third kappa shape index (κ3) is 4.31. The Morgan fingerprint density at radius 3 is 2.79 bits per heavy atom. The Kier molecular flexibility index (Phi) is 4.91. The molecular formula is C15H21FNO2+. The number of quaternary nitrogens is 1. The van der Waals surface area contributed by atoms with Crippen molar-refractivity contribution in [3.63, 3.8) is 0 Å². The number of esters is 1. The number of benzene rings is 1. The normalized spacial score (nSPS) is 18.0. The van der Waals surface area contributed by atoms with Crippen LogP contribution in [0.25, 0.3) is 0 Å². The van der Waals surface area contributed by atoms with E-state index in [4.69, 9.17) is 4.74 Å². The highest BCUT2D eigenvalue weighted by atomic mass is 19.1. The molecule has 1 aliphatic heterocycles. The van der Waals surface area contributed by atoms with Crippen molar-refractivity contribution < 1.29 is 18.8 Å². The lowest BCUT2D eigenvalue weighted by atomic mass is 10.1. The molecule has 1 saturated heterocycles. The van der Waals surface area contributed by atoms with E-state index in [9.17, 15) is 9.18 Å². The van der Waals surface area contributed by atoms with E-state index in [1.807, 2.05) is 6.92 Å². The molecule has 0 spiro atoms. The first kappa shape index (κ1) is 14.0. The van der Waals surface area contributed by atoms with E-state index in [-0.39, 0.29) is 11.7 Å². The summed E-state index contributed by atoms with van der Waals surface area (Å²) in [7, 11) is 0. The molecule has 1 heterocycles. The van der Waals surface area contributed by atoms with Gasteiger partial charge in [0.05, 0.1) is 18.7 Å². The quantitative estimate of drug-likeness (QED) is 0.836. The summed E-state index contributed by atoms with van der Waals surface area (Å²) in [6.45, 7) is 5.05. The van der Waals surface area contributed by atoms with Crippen molar-refractivity contribution in [2.45, 2.75) is 32.3 Å². The van der Waals surface area contributed by atoms with E-state index in [1.165, 1.54) is 42.4 Å². The van der Waals surface area contributed by atoms with Crippen LogP contribution in [-0.2, 0) is 4.74 Å². The highest BCUT2D eigenvalue weighted by Crippen LogP contribution is 2.06. The minimum Gasteiger partial charge on any atom is -0.453 e. The van der Waals surface area contributed by atoms with Gasteiger partial charge in [0.15, 0.2) is 0 Å². The first-order valence-corrected chi connectivity index (χ1v) is 6.95. The Bertz CT molecular complexity index is 430. The van der Waals surface area contributed by atoms with Crippen LogP contribution >= 0.6 is 0 Å². The zero-order valence-corrected chi connectivity index (χ0v) is 11.3. The highest BCUT2D eigenvalue weighted by molar-refractivity contribution is 5.89. The summed E-state index contributed by atoms with van der Waals surface area (Å²) in [5, 5.41) is 0. The number of hydrogen-bond acceptors (Lipinski definition) is 2. The molecule has 0 bridgehead atoms. The van der Waals surface area contributed by atoms with Gasteiger partial charge < -0.3 is 9.64 Å². The summed E-state index contributed by atoms with van der Waals surface area (Å²) in [5.74, 6) is -0.854. The predicted octanol–water partition coefficient (Wildman–Crippen LogP) is 1.44. The van der Waals surface area contributed by atoms with E-state index >= 15 is 0 Å². The Balaban J connectivity index is 1.84. The van der Waals surface area contributed by atoms with Crippen molar-refractivity contribution in [2.24, 2.45) is 0 Å². The second-order valence-corrected chi connectivity index (χ2v) is 5.24. The van der Waals surface area contributed by atoms with Crippen LogP contribution in [0.2, 0.25) is 0 Å². The average molecular weight is 266 g/mol. The summed E-state index contributed by atoms with van der Waals surface area (Å²) < 4.78 is 18.4. The maximum absolute atomic E-state index is 13.0. The van der Waals surface area contributed by atoms with Crippen LogP contribution in [-0.4, -0.2) is 31.7 Å². The van der Waals surface area contributed by atoms with Crippen LogP contribution in [0.4, 0.5) is 4.39 Å². The molecule has 1 aromatic rings. The number of likely N-dealkylation sites (tertiary alicyclic amines) is 1. The molecule has 1 aliphatic rings. The topological polar surface area (TPSA) is 30.7 Å². The maximum Gasteiger partial charge on any atom is 0.338 e. The predicted molar refractivity (Wildman–Crippen MR) is 70.7 cm³/mol. The smallest absolute Gasteiger partial charge is 0.338 e. The molecule has 3 nitrogen and oxygen atoms in total. The largest absolute Gasteiger partial charge is 0.453 e. The second kappa shape index (κ2) is 6.66. The van der Waals surface area contributed by atoms with Crippen LogP contribution in [0.1, 0.15) is 36.5 Å². The molecule has 104 valence electrons. The second-order valence-electron chi connectivity index (χ2n) is 5.24. The van der Waals surface area contributed by atoms with Gasteiger partial charge >= 0.3 is 5.97 Å². The Morgan fingerprint density at radius 1 is 1.37 bits per heavy atom. The standard InChI is InChI=1S/C15H20FNO2/c1-12(11-17-8-3-2-4-9-17)19-15(18)13-6-5-7-14(16)10-13/h5-7,10,12H,2-4,8-9,11H2,1H3/p+1/t12-/m0/s1. The molecule has 2 rings (SSSR count). The van der Waals surface area contributed by atoms with E-state index in [2.05, 4.69) is 0 Å². The zero-order valence-electron chi connectivity index (χ0n) is 11.3. The SMILES string of the molecule is C[C@@H](C[NH+]1CCCCC1)OC(=O)c1cccc(F)c1. The van der Waals surface area contributed by atoms with Crippen LogP contribution in [0, 0.1) is 5.82 Å². The van der Waals surface area contributed by atoms with Crippen molar-refractivity contribution >= 4 is 5.97 Å². The van der Waals surface area contributed by atoms with Gasteiger partial charge in [-0.3, -0.25) is 0 Å². The van der Waals surface area contributed by atoms with Crippen molar-refractivity contribution in [2.75, 3.05) is 19.6 Å². The van der Waals surface area contributed by atoms with E-state index in [1.54, 1.807) is 6.07 Å². The molecule has 1 aromatic carbocycles. The summed E-state index contributed by atoms with van der Waals surface area (Å²) in [6, 6.07) is 5.62. The van der Waals surface area contributed by atoms with Gasteiger partial charge in [0, 0.05) is 0 Å². The van der Waals surface area contributed by atoms with E-state index in [0.29, 0.717) is 0 Å². The maximum atomic E-state index is 13.0. The molecule has 0 saturated carbocycles. The number of hydrogen-bond donors (Lipinski definition) is 1. The molecule has 1 N–H and O–H groups in total. The summed E-state index contributed by atoms with van der Waals surface area (Å²) in [6.07, 6.45) is 3.67. The molecule has 1 atom stereocenters. The van der Waals surface area contributed by atoms with Gasteiger partial charge in [0.25, 0.3) is 0 Å². The summed E-state index contributed by atoms with van der Waals surface area (Å²) >= 11 is 0. The molecular weight excluding hydrogens is 245 g/mol. The lowest BCUT2D eigenvalue weighted by Gasteiger charge is -2.26. The number of rotatable bonds is 4. The molecule has 0 aliphatic carbocycles. The molecule has 4 heteroatoms. The Morgan fingerprint density at radius 2 is 2.11 bits per heavy atom. The van der Waals surface area contributed by atoms with Crippen molar-refractivity contribution in [1.29, 1.82) is 0 Å². The Hall–Kier alpha value is -1.42.